The van der Waals surface area contributed by atoms with Crippen LogP contribution in [0.15, 0.2) is 24.3 Å². The second kappa shape index (κ2) is 11.1. The lowest BCUT2D eigenvalue weighted by Gasteiger charge is -2.09. The molecule has 31 heavy (non-hydrogen) atoms. The molecule has 0 aliphatic carbocycles. The molecule has 166 valence electrons. The molecule has 0 saturated heterocycles. The van der Waals surface area contributed by atoms with Crippen LogP contribution in [0.5, 0.6) is 5.75 Å². The molecule has 0 fully saturated rings. The summed E-state index contributed by atoms with van der Waals surface area (Å²) >= 11 is 0.934. The maximum Gasteiger partial charge on any atom is 0.344 e. The number of ether oxygens (including phenoxy) is 3. The molecular formula is C21H24N2O7S. The summed E-state index contributed by atoms with van der Waals surface area (Å²) in [5.41, 5.74) is 1.46. The van der Waals surface area contributed by atoms with Gasteiger partial charge in [0.2, 0.25) is 0 Å². The summed E-state index contributed by atoms with van der Waals surface area (Å²) in [6, 6.07) is 7.15. The van der Waals surface area contributed by atoms with Crippen LogP contribution in [0.4, 0.5) is 5.00 Å². The van der Waals surface area contributed by atoms with E-state index in [0.717, 1.165) is 16.9 Å². The Labute approximate surface area is 183 Å². The highest BCUT2D eigenvalue weighted by Crippen LogP contribution is 2.33. The van der Waals surface area contributed by atoms with Crippen LogP contribution in [0.25, 0.3) is 0 Å². The Morgan fingerprint density at radius 3 is 2.45 bits per heavy atom. The van der Waals surface area contributed by atoms with E-state index in [1.54, 1.807) is 32.0 Å². The number of anilines is 1. The predicted octanol–water partition coefficient (Wildman–Crippen LogP) is 2.46. The highest BCUT2D eigenvalue weighted by atomic mass is 32.1. The molecule has 2 N–H and O–H groups in total. The van der Waals surface area contributed by atoms with Crippen LogP contribution in [0.1, 0.15) is 38.1 Å². The summed E-state index contributed by atoms with van der Waals surface area (Å²) in [5.74, 6) is -1.94. The molecule has 2 amide bonds. The van der Waals surface area contributed by atoms with Crippen molar-refractivity contribution < 1.29 is 33.4 Å². The predicted molar refractivity (Wildman–Crippen MR) is 115 cm³/mol. The van der Waals surface area contributed by atoms with Crippen LogP contribution in [0.2, 0.25) is 0 Å². The Morgan fingerprint density at radius 1 is 1.06 bits per heavy atom. The molecule has 2 aromatic rings. The fourth-order valence-electron chi connectivity index (χ4n) is 2.58. The van der Waals surface area contributed by atoms with Crippen molar-refractivity contribution in [2.24, 2.45) is 0 Å². The molecule has 0 aliphatic heterocycles. The van der Waals surface area contributed by atoms with Gasteiger partial charge in [-0.3, -0.25) is 9.59 Å². The molecule has 2 rings (SSSR count). The summed E-state index contributed by atoms with van der Waals surface area (Å²) in [6.07, 6.45) is 0. The van der Waals surface area contributed by atoms with Gasteiger partial charge in [-0.25, -0.2) is 9.59 Å². The molecule has 0 atom stereocenters. The third kappa shape index (κ3) is 6.54. The summed E-state index contributed by atoms with van der Waals surface area (Å²) in [5, 5.41) is 5.13. The first kappa shape index (κ1) is 23.9. The Kier molecular flexibility index (Phi) is 8.56. The van der Waals surface area contributed by atoms with Crippen molar-refractivity contribution in [3.8, 4) is 5.75 Å². The van der Waals surface area contributed by atoms with Crippen molar-refractivity contribution in [2.45, 2.75) is 20.8 Å². The average Bonchev–Trinajstić information content (AvgIpc) is 3.06. The zero-order chi connectivity index (χ0) is 23.0. The van der Waals surface area contributed by atoms with Crippen molar-refractivity contribution in [2.75, 3.05) is 32.2 Å². The number of carbonyl (C=O) groups is 4. The number of rotatable bonds is 9. The SMILES string of the molecule is CCOC(=O)c1c(NC(=O)COC(=O)COc2cccc(C)c2)sc(C(=O)NC)c1C. The van der Waals surface area contributed by atoms with Crippen LogP contribution in [-0.2, 0) is 19.1 Å². The molecule has 10 heteroatoms. The number of carbonyl (C=O) groups excluding carboxylic acids is 4. The Balaban J connectivity index is 1.99. The second-order valence-electron chi connectivity index (χ2n) is 6.37. The standard InChI is InChI=1S/C21H24N2O7S/c1-5-28-21(27)17-13(3)18(19(26)22-4)31-20(17)23-15(24)10-30-16(25)11-29-14-8-6-7-12(2)9-14/h6-9H,5,10-11H2,1-4H3,(H,22,26)(H,23,24). The Morgan fingerprint density at radius 2 is 1.81 bits per heavy atom. The number of esters is 2. The van der Waals surface area contributed by atoms with Gasteiger partial charge < -0.3 is 24.8 Å². The van der Waals surface area contributed by atoms with E-state index in [2.05, 4.69) is 10.6 Å². The first-order valence-electron chi connectivity index (χ1n) is 9.44. The smallest absolute Gasteiger partial charge is 0.344 e. The van der Waals surface area contributed by atoms with Gasteiger partial charge in [-0.05, 0) is 44.0 Å². The van der Waals surface area contributed by atoms with Gasteiger partial charge >= 0.3 is 11.9 Å². The fourth-order valence-corrected chi connectivity index (χ4v) is 3.74. The maximum atomic E-state index is 12.3. The molecule has 1 aromatic heterocycles. The fraction of sp³-hybridized carbons (Fsp3) is 0.333. The van der Waals surface area contributed by atoms with E-state index in [-0.39, 0.29) is 28.7 Å². The molecule has 9 nitrogen and oxygen atoms in total. The van der Waals surface area contributed by atoms with Gasteiger partial charge in [0.15, 0.2) is 13.2 Å². The van der Waals surface area contributed by atoms with Crippen molar-refractivity contribution in [1.82, 2.24) is 5.32 Å². The van der Waals surface area contributed by atoms with Crippen molar-refractivity contribution in [1.29, 1.82) is 0 Å². The number of hydrogen-bond acceptors (Lipinski definition) is 8. The Hall–Kier alpha value is -3.40. The van der Waals surface area contributed by atoms with Crippen molar-refractivity contribution in [3.63, 3.8) is 0 Å². The topological polar surface area (TPSA) is 120 Å². The minimum atomic E-state index is -0.726. The normalized spacial score (nSPS) is 10.2. The molecule has 0 unspecified atom stereocenters. The van der Waals surface area contributed by atoms with E-state index in [0.29, 0.717) is 11.3 Å². The average molecular weight is 448 g/mol. The zero-order valence-electron chi connectivity index (χ0n) is 17.7. The molecule has 0 spiro atoms. The first-order chi connectivity index (χ1) is 14.8. The summed E-state index contributed by atoms with van der Waals surface area (Å²) in [4.78, 5) is 48.7. The van der Waals surface area contributed by atoms with Crippen LogP contribution in [0, 0.1) is 13.8 Å². The number of amides is 2. The van der Waals surface area contributed by atoms with Gasteiger partial charge in [-0.1, -0.05) is 12.1 Å². The van der Waals surface area contributed by atoms with Crippen LogP contribution < -0.4 is 15.4 Å². The third-order valence-corrected chi connectivity index (χ3v) is 5.23. The monoisotopic (exact) mass is 448 g/mol. The number of benzene rings is 1. The lowest BCUT2D eigenvalue weighted by molar-refractivity contribution is -0.149. The van der Waals surface area contributed by atoms with Gasteiger partial charge in [0.25, 0.3) is 11.8 Å². The van der Waals surface area contributed by atoms with Gasteiger partial charge in [0.1, 0.15) is 10.8 Å². The number of nitrogens with one attached hydrogen (secondary N) is 2. The van der Waals surface area contributed by atoms with E-state index >= 15 is 0 Å². The quantitative estimate of drug-likeness (QED) is 0.566. The van der Waals surface area contributed by atoms with Gasteiger partial charge in [0.05, 0.1) is 17.0 Å². The van der Waals surface area contributed by atoms with E-state index in [4.69, 9.17) is 14.2 Å². The van der Waals surface area contributed by atoms with E-state index in [1.807, 2.05) is 13.0 Å². The Bertz CT molecular complexity index is 984. The van der Waals surface area contributed by atoms with Crippen LogP contribution in [0.3, 0.4) is 0 Å². The van der Waals surface area contributed by atoms with Crippen LogP contribution >= 0.6 is 11.3 Å². The minimum absolute atomic E-state index is 0.0907. The minimum Gasteiger partial charge on any atom is -0.482 e. The largest absolute Gasteiger partial charge is 0.482 e. The van der Waals surface area contributed by atoms with Crippen molar-refractivity contribution in [3.05, 3.63) is 45.8 Å². The maximum absolute atomic E-state index is 12.3. The molecule has 0 aliphatic rings. The number of thiophene rings is 1. The lowest BCUT2D eigenvalue weighted by Crippen LogP contribution is -2.24. The van der Waals surface area contributed by atoms with Gasteiger partial charge in [-0.15, -0.1) is 11.3 Å². The number of aryl methyl sites for hydroxylation is 1. The van der Waals surface area contributed by atoms with Crippen molar-refractivity contribution >= 4 is 40.1 Å². The highest BCUT2D eigenvalue weighted by Gasteiger charge is 2.26. The van der Waals surface area contributed by atoms with E-state index < -0.39 is 30.4 Å². The molecule has 0 bridgehead atoms. The van der Waals surface area contributed by atoms with Gasteiger partial charge in [0, 0.05) is 7.05 Å². The van der Waals surface area contributed by atoms with E-state index in [1.165, 1.54) is 7.05 Å². The van der Waals surface area contributed by atoms with Gasteiger partial charge in [-0.2, -0.15) is 0 Å². The zero-order valence-corrected chi connectivity index (χ0v) is 18.5. The third-order valence-electron chi connectivity index (χ3n) is 4.02. The summed E-state index contributed by atoms with van der Waals surface area (Å²) in [6.45, 7) is 4.33. The summed E-state index contributed by atoms with van der Waals surface area (Å²) < 4.78 is 15.3. The molecular weight excluding hydrogens is 424 g/mol. The highest BCUT2D eigenvalue weighted by molar-refractivity contribution is 7.18. The lowest BCUT2D eigenvalue weighted by atomic mass is 10.1. The molecule has 1 heterocycles. The molecule has 0 saturated carbocycles. The number of hydrogen-bond donors (Lipinski definition) is 2. The van der Waals surface area contributed by atoms with Crippen LogP contribution in [-0.4, -0.2) is 50.6 Å². The summed E-state index contributed by atoms with van der Waals surface area (Å²) in [7, 11) is 1.46. The van der Waals surface area contributed by atoms with E-state index in [9.17, 15) is 19.2 Å². The molecule has 0 radical (unpaired) electrons. The molecule has 1 aromatic carbocycles. The first-order valence-corrected chi connectivity index (χ1v) is 10.3. The second-order valence-corrected chi connectivity index (χ2v) is 7.39.